The van der Waals surface area contributed by atoms with Crippen molar-refractivity contribution in [2.24, 2.45) is 0 Å². The third-order valence-electron chi connectivity index (χ3n) is 5.69. The van der Waals surface area contributed by atoms with Gasteiger partial charge in [-0.1, -0.05) is 6.07 Å². The van der Waals surface area contributed by atoms with Crippen molar-refractivity contribution in [2.45, 2.75) is 37.9 Å². The van der Waals surface area contributed by atoms with Crippen molar-refractivity contribution >= 4 is 23.2 Å². The first-order valence-corrected chi connectivity index (χ1v) is 11.5. The predicted molar refractivity (Wildman–Crippen MR) is 126 cm³/mol. The first-order valence-electron chi connectivity index (χ1n) is 11.5. The van der Waals surface area contributed by atoms with Gasteiger partial charge in [0, 0.05) is 36.7 Å². The minimum Gasteiger partial charge on any atom is -0.491 e. The molecule has 8 nitrogen and oxygen atoms in total. The van der Waals surface area contributed by atoms with Gasteiger partial charge in [-0.05, 0) is 68.1 Å². The van der Waals surface area contributed by atoms with Crippen LogP contribution in [0, 0.1) is 0 Å². The van der Waals surface area contributed by atoms with Gasteiger partial charge in [0.25, 0.3) is 5.91 Å². The third kappa shape index (κ3) is 7.20. The molecule has 0 bridgehead atoms. The largest absolute Gasteiger partial charge is 0.491 e. The van der Waals surface area contributed by atoms with Crippen LogP contribution in [0.25, 0.3) is 0 Å². The molecule has 0 radical (unpaired) electrons. The van der Waals surface area contributed by atoms with Crippen LogP contribution >= 0.6 is 0 Å². The highest BCUT2D eigenvalue weighted by molar-refractivity contribution is 5.96. The molecule has 33 heavy (non-hydrogen) atoms. The van der Waals surface area contributed by atoms with Gasteiger partial charge in [-0.2, -0.15) is 0 Å². The van der Waals surface area contributed by atoms with E-state index in [1.54, 1.807) is 18.2 Å². The van der Waals surface area contributed by atoms with Crippen molar-refractivity contribution in [1.82, 2.24) is 5.32 Å². The van der Waals surface area contributed by atoms with Gasteiger partial charge in [-0.15, -0.1) is 0 Å². The van der Waals surface area contributed by atoms with Crippen LogP contribution in [0.3, 0.4) is 0 Å². The highest BCUT2D eigenvalue weighted by Crippen LogP contribution is 2.19. The van der Waals surface area contributed by atoms with Crippen LogP contribution in [0.15, 0.2) is 48.5 Å². The average molecular weight is 454 g/mol. The van der Waals surface area contributed by atoms with E-state index in [4.69, 9.17) is 14.2 Å². The molecule has 2 unspecified atom stereocenters. The topological polar surface area (TPSA) is 97.9 Å². The summed E-state index contributed by atoms with van der Waals surface area (Å²) in [4.78, 5) is 24.7. The second-order valence-electron chi connectivity index (χ2n) is 8.30. The van der Waals surface area contributed by atoms with E-state index in [1.165, 1.54) is 0 Å². The molecule has 2 aromatic rings. The van der Waals surface area contributed by atoms with E-state index >= 15 is 0 Å². The van der Waals surface area contributed by atoms with Crippen LogP contribution < -0.4 is 20.7 Å². The second-order valence-corrected chi connectivity index (χ2v) is 8.30. The quantitative estimate of drug-likeness (QED) is 0.511. The Balaban J connectivity index is 1.19. The smallest absolute Gasteiger partial charge is 0.251 e. The van der Waals surface area contributed by atoms with Gasteiger partial charge < -0.3 is 30.2 Å². The van der Waals surface area contributed by atoms with Gasteiger partial charge >= 0.3 is 0 Å². The third-order valence-corrected chi connectivity index (χ3v) is 5.69. The fourth-order valence-corrected chi connectivity index (χ4v) is 3.87. The minimum atomic E-state index is -0.184. The molecule has 2 amide bonds. The highest BCUT2D eigenvalue weighted by Gasteiger charge is 2.17. The Bertz CT molecular complexity index is 922. The van der Waals surface area contributed by atoms with Gasteiger partial charge in [0.2, 0.25) is 5.91 Å². The highest BCUT2D eigenvalue weighted by atomic mass is 16.5. The molecule has 0 saturated carbocycles. The predicted octanol–water partition coefficient (Wildman–Crippen LogP) is 3.20. The number of amides is 2. The van der Waals surface area contributed by atoms with Crippen molar-refractivity contribution in [1.29, 1.82) is 0 Å². The zero-order valence-electron chi connectivity index (χ0n) is 18.7. The average Bonchev–Trinajstić information content (AvgIpc) is 3.55. The molecule has 2 aromatic carbocycles. The van der Waals surface area contributed by atoms with E-state index in [0.717, 1.165) is 44.6 Å². The number of carbonyl (C=O) groups excluding carboxylic acids is 2. The zero-order chi connectivity index (χ0) is 22.9. The Morgan fingerprint density at radius 2 is 1.70 bits per heavy atom. The molecule has 2 saturated heterocycles. The molecular weight excluding hydrogens is 422 g/mol. The first-order chi connectivity index (χ1) is 16.2. The van der Waals surface area contributed by atoms with E-state index in [9.17, 15) is 9.59 Å². The maximum atomic E-state index is 12.4. The summed E-state index contributed by atoms with van der Waals surface area (Å²) < 4.78 is 16.8. The molecule has 3 N–H and O–H groups in total. The monoisotopic (exact) mass is 453 g/mol. The molecule has 2 aliphatic rings. The van der Waals surface area contributed by atoms with Crippen LogP contribution in [0.1, 0.15) is 36.0 Å². The summed E-state index contributed by atoms with van der Waals surface area (Å²) in [5.74, 6) is 0.410. The number of hydrogen-bond donors (Lipinski definition) is 3. The zero-order valence-corrected chi connectivity index (χ0v) is 18.7. The van der Waals surface area contributed by atoms with Gasteiger partial charge in [-0.25, -0.2) is 0 Å². The maximum Gasteiger partial charge on any atom is 0.251 e. The summed E-state index contributed by atoms with van der Waals surface area (Å²) in [5.41, 5.74) is 1.93. The fraction of sp³-hybridized carbons (Fsp3) is 0.440. The lowest BCUT2D eigenvalue weighted by Gasteiger charge is -2.13. The summed E-state index contributed by atoms with van der Waals surface area (Å²) in [5, 5.41) is 8.82. The summed E-state index contributed by atoms with van der Waals surface area (Å²) >= 11 is 0. The van der Waals surface area contributed by atoms with Gasteiger partial charge in [0.15, 0.2) is 0 Å². The lowest BCUT2D eigenvalue weighted by Crippen LogP contribution is -2.31. The van der Waals surface area contributed by atoms with Crippen LogP contribution in [0.4, 0.5) is 11.4 Å². The molecule has 0 aromatic heterocycles. The molecule has 176 valence electrons. The molecule has 8 heteroatoms. The number of anilines is 2. The van der Waals surface area contributed by atoms with Crippen molar-refractivity contribution in [3.05, 3.63) is 54.1 Å². The number of carbonyl (C=O) groups is 2. The lowest BCUT2D eigenvalue weighted by atomic mass is 10.1. The van der Waals surface area contributed by atoms with Crippen LogP contribution in [-0.2, 0) is 14.3 Å². The Hall–Kier alpha value is -3.10. The summed E-state index contributed by atoms with van der Waals surface area (Å²) in [7, 11) is 0. The SMILES string of the molecule is O=C(CNc1cccc(C(=O)NCC2CCCO2)c1)Nc1ccc(OCC2CCCO2)cc1. The Kier molecular flexibility index (Phi) is 8.16. The molecule has 0 aliphatic carbocycles. The number of nitrogens with one attached hydrogen (secondary N) is 3. The van der Waals surface area contributed by atoms with Crippen molar-refractivity contribution in [3.8, 4) is 5.75 Å². The number of hydrogen-bond acceptors (Lipinski definition) is 6. The number of rotatable bonds is 10. The molecule has 4 rings (SSSR count). The molecular formula is C25H31N3O5. The van der Waals surface area contributed by atoms with E-state index in [0.29, 0.717) is 30.1 Å². The first kappa shape index (κ1) is 23.1. The van der Waals surface area contributed by atoms with Gasteiger partial charge in [0.1, 0.15) is 12.4 Å². The Morgan fingerprint density at radius 3 is 2.42 bits per heavy atom. The Morgan fingerprint density at radius 1 is 0.939 bits per heavy atom. The van der Waals surface area contributed by atoms with E-state index < -0.39 is 0 Å². The molecule has 2 aliphatic heterocycles. The normalized spacial score (nSPS) is 19.8. The van der Waals surface area contributed by atoms with E-state index in [1.807, 2.05) is 30.3 Å². The summed E-state index contributed by atoms with van der Waals surface area (Å²) in [6, 6.07) is 14.4. The van der Waals surface area contributed by atoms with Crippen LogP contribution in [-0.4, -0.2) is 56.9 Å². The fourth-order valence-electron chi connectivity index (χ4n) is 3.87. The van der Waals surface area contributed by atoms with E-state index in [2.05, 4.69) is 16.0 Å². The Labute approximate surface area is 194 Å². The number of benzene rings is 2. The lowest BCUT2D eigenvalue weighted by molar-refractivity contribution is -0.114. The maximum absolute atomic E-state index is 12.4. The van der Waals surface area contributed by atoms with Gasteiger partial charge in [-0.3, -0.25) is 9.59 Å². The molecule has 0 spiro atoms. The minimum absolute atomic E-state index is 0.0816. The van der Waals surface area contributed by atoms with Crippen LogP contribution in [0.5, 0.6) is 5.75 Å². The summed E-state index contributed by atoms with van der Waals surface area (Å²) in [6.07, 6.45) is 4.39. The number of ether oxygens (including phenoxy) is 3. The molecule has 2 atom stereocenters. The van der Waals surface area contributed by atoms with Crippen molar-refractivity contribution in [2.75, 3.05) is 43.5 Å². The molecule has 2 fully saturated rings. The van der Waals surface area contributed by atoms with E-state index in [-0.39, 0.29) is 30.6 Å². The van der Waals surface area contributed by atoms with Gasteiger partial charge in [0.05, 0.1) is 18.8 Å². The second kappa shape index (κ2) is 11.7. The molecule has 2 heterocycles. The van der Waals surface area contributed by atoms with Crippen LogP contribution in [0.2, 0.25) is 0 Å². The standard InChI is InChI=1S/C25H31N3O5/c29-24(28-19-8-10-21(11-9-19)33-17-23-7-3-13-32-23)16-26-20-5-1-4-18(14-20)25(30)27-15-22-6-2-12-31-22/h1,4-5,8-11,14,22-23,26H,2-3,6-7,12-13,15-17H2,(H,27,30)(H,28,29). The van der Waals surface area contributed by atoms with Crippen molar-refractivity contribution < 1.29 is 23.8 Å². The van der Waals surface area contributed by atoms with Crippen molar-refractivity contribution in [3.63, 3.8) is 0 Å². The summed E-state index contributed by atoms with van der Waals surface area (Å²) in [6.45, 7) is 2.70.